The summed E-state index contributed by atoms with van der Waals surface area (Å²) in [6.45, 7) is 10.9. The van der Waals surface area contributed by atoms with Crippen molar-refractivity contribution >= 4 is 22.8 Å². The normalized spacial score (nSPS) is 15.7. The van der Waals surface area contributed by atoms with E-state index in [-0.39, 0.29) is 23.8 Å². The Kier molecular flexibility index (Phi) is 7.07. The van der Waals surface area contributed by atoms with Crippen molar-refractivity contribution in [3.8, 4) is 0 Å². The van der Waals surface area contributed by atoms with Gasteiger partial charge in [0.25, 0.3) is 5.91 Å². The van der Waals surface area contributed by atoms with Crippen LogP contribution in [0.5, 0.6) is 0 Å². The minimum Gasteiger partial charge on any atom is -0.355 e. The first-order valence-electron chi connectivity index (χ1n) is 10.9. The summed E-state index contributed by atoms with van der Waals surface area (Å²) < 4.78 is 1.75. The lowest BCUT2D eigenvalue weighted by molar-refractivity contribution is -0.122. The van der Waals surface area contributed by atoms with Gasteiger partial charge >= 0.3 is 0 Å². The lowest BCUT2D eigenvalue weighted by Gasteiger charge is -2.32. The third-order valence-corrected chi connectivity index (χ3v) is 5.69. The zero-order valence-corrected chi connectivity index (χ0v) is 18.8. The monoisotopic (exact) mass is 414 g/mol. The van der Waals surface area contributed by atoms with Crippen LogP contribution in [-0.4, -0.2) is 63.7 Å². The fraction of sp³-hybridized carbons (Fsp3) is 0.636. The van der Waals surface area contributed by atoms with Crippen LogP contribution in [0.2, 0.25) is 0 Å². The van der Waals surface area contributed by atoms with E-state index in [1.807, 2.05) is 27.0 Å². The molecule has 164 valence electrons. The van der Waals surface area contributed by atoms with Gasteiger partial charge in [0.15, 0.2) is 5.65 Å². The Balaban J connectivity index is 1.67. The highest BCUT2D eigenvalue weighted by Crippen LogP contribution is 2.25. The zero-order valence-electron chi connectivity index (χ0n) is 18.8. The lowest BCUT2D eigenvalue weighted by Crippen LogP contribution is -2.47. The van der Waals surface area contributed by atoms with E-state index in [2.05, 4.69) is 34.5 Å². The SMILES string of the molecule is CCCNC(=O)CN1CCC(NC(=O)c2cc(C(C)C)nc3c2c(C)nn3C)CC1. The van der Waals surface area contributed by atoms with Gasteiger partial charge in [-0.1, -0.05) is 20.8 Å². The van der Waals surface area contributed by atoms with Crippen molar-refractivity contribution in [2.24, 2.45) is 7.05 Å². The standard InChI is InChI=1S/C22H34N6O2/c1-6-9-23-19(29)13-28-10-7-16(8-11-28)24-22(30)17-12-18(14(2)3)25-21-20(17)15(4)26-27(21)5/h12,14,16H,6-11,13H2,1-5H3,(H,23,29)(H,24,30). The minimum absolute atomic E-state index is 0.0699. The molecule has 1 saturated heterocycles. The number of amides is 2. The van der Waals surface area contributed by atoms with Gasteiger partial charge in [0, 0.05) is 38.4 Å². The van der Waals surface area contributed by atoms with Gasteiger partial charge in [-0.25, -0.2) is 4.98 Å². The number of rotatable bonds is 7. The first-order chi connectivity index (χ1) is 14.3. The van der Waals surface area contributed by atoms with Crippen LogP contribution in [0.3, 0.4) is 0 Å². The second-order valence-corrected chi connectivity index (χ2v) is 8.53. The summed E-state index contributed by atoms with van der Waals surface area (Å²) in [5.41, 5.74) is 3.10. The van der Waals surface area contributed by atoms with Crippen molar-refractivity contribution in [2.45, 2.75) is 58.9 Å². The van der Waals surface area contributed by atoms with Gasteiger partial charge in [0.2, 0.25) is 5.91 Å². The summed E-state index contributed by atoms with van der Waals surface area (Å²) in [6.07, 6.45) is 2.62. The molecule has 1 aliphatic rings. The van der Waals surface area contributed by atoms with Crippen molar-refractivity contribution < 1.29 is 9.59 Å². The summed E-state index contributed by atoms with van der Waals surface area (Å²) in [6, 6.07) is 2.01. The largest absolute Gasteiger partial charge is 0.355 e. The molecule has 2 aromatic rings. The van der Waals surface area contributed by atoms with Gasteiger partial charge in [-0.2, -0.15) is 5.10 Å². The predicted molar refractivity (Wildman–Crippen MR) is 118 cm³/mol. The summed E-state index contributed by atoms with van der Waals surface area (Å²) >= 11 is 0. The third-order valence-electron chi connectivity index (χ3n) is 5.69. The van der Waals surface area contributed by atoms with E-state index in [9.17, 15) is 9.59 Å². The second kappa shape index (κ2) is 9.55. The summed E-state index contributed by atoms with van der Waals surface area (Å²) in [5, 5.41) is 11.4. The van der Waals surface area contributed by atoms with Crippen molar-refractivity contribution in [1.29, 1.82) is 0 Å². The number of likely N-dealkylation sites (tertiary alicyclic amines) is 1. The Bertz CT molecular complexity index is 912. The van der Waals surface area contributed by atoms with Gasteiger partial charge in [0.05, 0.1) is 23.2 Å². The quantitative estimate of drug-likeness (QED) is 0.724. The lowest BCUT2D eigenvalue weighted by atomic mass is 10.0. The molecule has 0 atom stereocenters. The van der Waals surface area contributed by atoms with E-state index in [1.54, 1.807) is 4.68 Å². The molecule has 2 amide bonds. The molecule has 0 saturated carbocycles. The van der Waals surface area contributed by atoms with Gasteiger partial charge in [-0.15, -0.1) is 0 Å². The predicted octanol–water partition coefficient (Wildman–Crippen LogP) is 2.12. The number of piperidine rings is 1. The Morgan fingerprint density at radius 3 is 2.60 bits per heavy atom. The highest BCUT2D eigenvalue weighted by molar-refractivity contribution is 6.06. The number of aromatic nitrogens is 3. The number of hydrogen-bond donors (Lipinski definition) is 2. The van der Waals surface area contributed by atoms with E-state index < -0.39 is 0 Å². The number of fused-ring (bicyclic) bond motifs is 1. The Labute approximate surface area is 178 Å². The topological polar surface area (TPSA) is 92.2 Å². The molecule has 0 aliphatic carbocycles. The van der Waals surface area contributed by atoms with Crippen LogP contribution in [0.1, 0.15) is 67.7 Å². The van der Waals surface area contributed by atoms with E-state index in [0.29, 0.717) is 12.1 Å². The van der Waals surface area contributed by atoms with E-state index in [0.717, 1.165) is 61.3 Å². The fourth-order valence-corrected chi connectivity index (χ4v) is 3.96. The van der Waals surface area contributed by atoms with Gasteiger partial charge < -0.3 is 10.6 Å². The number of hydrogen-bond acceptors (Lipinski definition) is 5. The molecule has 2 aromatic heterocycles. The molecule has 0 radical (unpaired) electrons. The summed E-state index contributed by atoms with van der Waals surface area (Å²) in [5.74, 6) is 0.226. The maximum absolute atomic E-state index is 13.2. The van der Waals surface area contributed by atoms with E-state index in [1.165, 1.54) is 0 Å². The molecule has 30 heavy (non-hydrogen) atoms. The molecule has 0 spiro atoms. The number of nitrogens with one attached hydrogen (secondary N) is 2. The molecular weight excluding hydrogens is 380 g/mol. The molecule has 3 rings (SSSR count). The number of pyridine rings is 1. The van der Waals surface area contributed by atoms with Crippen molar-refractivity contribution in [1.82, 2.24) is 30.3 Å². The van der Waals surface area contributed by atoms with E-state index in [4.69, 9.17) is 4.98 Å². The van der Waals surface area contributed by atoms with Crippen LogP contribution < -0.4 is 10.6 Å². The number of carbonyl (C=O) groups excluding carboxylic acids is 2. The Morgan fingerprint density at radius 1 is 1.27 bits per heavy atom. The second-order valence-electron chi connectivity index (χ2n) is 8.53. The molecule has 3 heterocycles. The average molecular weight is 415 g/mol. The van der Waals surface area contributed by atoms with Crippen LogP contribution in [0.4, 0.5) is 0 Å². The zero-order chi connectivity index (χ0) is 21.8. The van der Waals surface area contributed by atoms with E-state index >= 15 is 0 Å². The molecular formula is C22H34N6O2. The van der Waals surface area contributed by atoms with Crippen molar-refractivity contribution in [3.05, 3.63) is 23.0 Å². The molecule has 8 nitrogen and oxygen atoms in total. The van der Waals surface area contributed by atoms with Gasteiger partial charge in [0.1, 0.15) is 0 Å². The van der Waals surface area contributed by atoms with Crippen LogP contribution in [0.15, 0.2) is 6.07 Å². The highest BCUT2D eigenvalue weighted by Gasteiger charge is 2.25. The molecule has 2 N–H and O–H groups in total. The Hall–Kier alpha value is -2.48. The summed E-state index contributed by atoms with van der Waals surface area (Å²) in [7, 11) is 1.86. The molecule has 0 aromatic carbocycles. The average Bonchev–Trinajstić information content (AvgIpc) is 3.01. The van der Waals surface area contributed by atoms with Gasteiger partial charge in [-0.3, -0.25) is 19.2 Å². The highest BCUT2D eigenvalue weighted by atomic mass is 16.2. The minimum atomic E-state index is -0.0699. The number of aryl methyl sites for hydroxylation is 2. The molecule has 0 bridgehead atoms. The molecule has 1 aliphatic heterocycles. The maximum atomic E-state index is 13.2. The molecule has 0 unspecified atom stereocenters. The van der Waals surface area contributed by atoms with Crippen LogP contribution in [-0.2, 0) is 11.8 Å². The Morgan fingerprint density at radius 2 is 1.97 bits per heavy atom. The molecule has 1 fully saturated rings. The smallest absolute Gasteiger partial charge is 0.252 e. The van der Waals surface area contributed by atoms with Crippen LogP contribution in [0, 0.1) is 6.92 Å². The van der Waals surface area contributed by atoms with Crippen LogP contribution >= 0.6 is 0 Å². The number of nitrogens with zero attached hydrogens (tertiary/aromatic N) is 4. The van der Waals surface area contributed by atoms with Crippen molar-refractivity contribution in [2.75, 3.05) is 26.2 Å². The first kappa shape index (κ1) is 22.2. The fourth-order valence-electron chi connectivity index (χ4n) is 3.96. The number of carbonyl (C=O) groups is 2. The third kappa shape index (κ3) is 4.98. The maximum Gasteiger partial charge on any atom is 0.252 e. The van der Waals surface area contributed by atoms with Crippen molar-refractivity contribution in [3.63, 3.8) is 0 Å². The van der Waals surface area contributed by atoms with Crippen LogP contribution in [0.25, 0.3) is 11.0 Å². The summed E-state index contributed by atoms with van der Waals surface area (Å²) in [4.78, 5) is 32.0. The first-order valence-corrected chi connectivity index (χ1v) is 10.9. The molecule has 8 heteroatoms. The van der Waals surface area contributed by atoms with Gasteiger partial charge in [-0.05, 0) is 38.2 Å².